The van der Waals surface area contributed by atoms with Gasteiger partial charge in [0.05, 0.1) is 7.11 Å². The summed E-state index contributed by atoms with van der Waals surface area (Å²) in [6.45, 7) is 3.07. The molecule has 1 fully saturated rings. The molecule has 16 heavy (non-hydrogen) atoms. The van der Waals surface area contributed by atoms with Crippen LogP contribution in [0.5, 0.6) is 5.75 Å². The summed E-state index contributed by atoms with van der Waals surface area (Å²) in [6.07, 6.45) is 0. The topological polar surface area (TPSA) is 24.5 Å². The minimum Gasteiger partial charge on any atom is -0.494 e. The van der Waals surface area contributed by atoms with Crippen molar-refractivity contribution < 1.29 is 9.13 Å². The quantitative estimate of drug-likeness (QED) is 0.838. The molecule has 3 nitrogen and oxygen atoms in total. The molecule has 0 bridgehead atoms. The summed E-state index contributed by atoms with van der Waals surface area (Å²) in [6, 6.07) is 5.07. The summed E-state index contributed by atoms with van der Waals surface area (Å²) in [7, 11) is 3.46. The van der Waals surface area contributed by atoms with E-state index in [1.54, 1.807) is 6.07 Å². The van der Waals surface area contributed by atoms with Crippen molar-refractivity contribution in [2.24, 2.45) is 5.92 Å². The number of ether oxygens (including phenoxy) is 1. The van der Waals surface area contributed by atoms with Crippen molar-refractivity contribution in [2.45, 2.75) is 0 Å². The highest BCUT2D eigenvalue weighted by atomic mass is 19.1. The molecule has 0 atom stereocenters. The summed E-state index contributed by atoms with van der Waals surface area (Å²) >= 11 is 0. The fourth-order valence-corrected chi connectivity index (χ4v) is 1.86. The smallest absolute Gasteiger partial charge is 0.167 e. The highest BCUT2D eigenvalue weighted by molar-refractivity contribution is 5.49. The fourth-order valence-electron chi connectivity index (χ4n) is 1.86. The fraction of sp³-hybridized carbons (Fsp3) is 0.500. The molecule has 0 radical (unpaired) electrons. The van der Waals surface area contributed by atoms with Crippen molar-refractivity contribution in [3.05, 3.63) is 24.0 Å². The van der Waals surface area contributed by atoms with E-state index in [1.165, 1.54) is 13.2 Å². The van der Waals surface area contributed by atoms with Crippen LogP contribution in [-0.2, 0) is 0 Å². The largest absolute Gasteiger partial charge is 0.494 e. The second-order valence-corrected chi connectivity index (χ2v) is 4.22. The molecule has 2 rings (SSSR count). The van der Waals surface area contributed by atoms with Crippen LogP contribution in [0.1, 0.15) is 0 Å². The van der Waals surface area contributed by atoms with Gasteiger partial charge in [-0.05, 0) is 12.1 Å². The maximum atomic E-state index is 13.5. The van der Waals surface area contributed by atoms with Gasteiger partial charge in [0, 0.05) is 44.4 Å². The Bertz CT molecular complexity index is 366. The van der Waals surface area contributed by atoms with Crippen LogP contribution in [0.3, 0.4) is 0 Å². The van der Waals surface area contributed by atoms with Gasteiger partial charge in [-0.25, -0.2) is 4.39 Å². The molecule has 1 aromatic rings. The molecule has 1 N–H and O–H groups in total. The molecule has 4 heteroatoms. The van der Waals surface area contributed by atoms with E-state index in [0.29, 0.717) is 11.7 Å². The van der Waals surface area contributed by atoms with Crippen LogP contribution >= 0.6 is 0 Å². The number of rotatable bonds is 4. The third-order valence-electron chi connectivity index (χ3n) is 2.97. The highest BCUT2D eigenvalue weighted by Crippen LogP contribution is 2.23. The second kappa shape index (κ2) is 4.70. The molecule has 1 saturated heterocycles. The Morgan fingerprint density at radius 2 is 2.25 bits per heavy atom. The first-order valence-electron chi connectivity index (χ1n) is 5.46. The molecule has 0 aromatic heterocycles. The average molecular weight is 224 g/mol. The van der Waals surface area contributed by atoms with E-state index in [2.05, 4.69) is 10.2 Å². The van der Waals surface area contributed by atoms with Crippen LogP contribution in [-0.4, -0.2) is 33.8 Å². The molecular formula is C12H17FN2O. The number of nitrogens with zero attached hydrogens (tertiary/aromatic N) is 1. The minimum absolute atomic E-state index is 0.294. The zero-order valence-electron chi connectivity index (χ0n) is 9.66. The van der Waals surface area contributed by atoms with Crippen molar-refractivity contribution in [3.63, 3.8) is 0 Å². The van der Waals surface area contributed by atoms with Crippen LogP contribution < -0.4 is 15.0 Å². The monoisotopic (exact) mass is 224 g/mol. The lowest BCUT2D eigenvalue weighted by Crippen LogP contribution is -2.47. The van der Waals surface area contributed by atoms with Gasteiger partial charge in [-0.3, -0.25) is 0 Å². The van der Waals surface area contributed by atoms with E-state index in [4.69, 9.17) is 4.74 Å². The van der Waals surface area contributed by atoms with E-state index >= 15 is 0 Å². The van der Waals surface area contributed by atoms with E-state index in [-0.39, 0.29) is 5.82 Å². The Hall–Kier alpha value is -1.29. The van der Waals surface area contributed by atoms with Gasteiger partial charge in [0.25, 0.3) is 0 Å². The first-order chi connectivity index (χ1) is 7.70. The average Bonchev–Trinajstić information content (AvgIpc) is 2.23. The molecule has 0 saturated carbocycles. The minimum atomic E-state index is -0.307. The molecule has 1 aliphatic rings. The summed E-state index contributed by atoms with van der Waals surface area (Å²) in [4.78, 5) is 2.08. The number of hydrogen-bond donors (Lipinski definition) is 1. The standard InChI is InChI=1S/C12H17FN2O/c1-15(8-9-6-14-7-9)10-3-4-12(16-2)11(13)5-10/h3-5,9,14H,6-8H2,1-2H3. The van der Waals surface area contributed by atoms with E-state index in [0.717, 1.165) is 25.3 Å². The van der Waals surface area contributed by atoms with E-state index in [1.807, 2.05) is 13.1 Å². The molecule has 1 aliphatic heterocycles. The third-order valence-corrected chi connectivity index (χ3v) is 2.97. The predicted octanol–water partition coefficient (Wildman–Crippen LogP) is 1.49. The molecular weight excluding hydrogens is 207 g/mol. The third kappa shape index (κ3) is 2.27. The van der Waals surface area contributed by atoms with Crippen molar-refractivity contribution in [1.82, 2.24) is 5.32 Å². The van der Waals surface area contributed by atoms with Gasteiger partial charge in [0.2, 0.25) is 0 Å². The number of hydrogen-bond acceptors (Lipinski definition) is 3. The van der Waals surface area contributed by atoms with Crippen LogP contribution in [0.4, 0.5) is 10.1 Å². The van der Waals surface area contributed by atoms with Crippen LogP contribution in [0.25, 0.3) is 0 Å². The molecule has 0 unspecified atom stereocenters. The zero-order chi connectivity index (χ0) is 11.5. The van der Waals surface area contributed by atoms with E-state index < -0.39 is 0 Å². The van der Waals surface area contributed by atoms with Crippen molar-refractivity contribution in [3.8, 4) is 5.75 Å². The highest BCUT2D eigenvalue weighted by Gasteiger charge is 2.19. The van der Waals surface area contributed by atoms with Crippen molar-refractivity contribution in [2.75, 3.05) is 38.7 Å². The van der Waals surface area contributed by atoms with Gasteiger partial charge in [-0.2, -0.15) is 0 Å². The van der Waals surface area contributed by atoms with Crippen LogP contribution in [0, 0.1) is 11.7 Å². The van der Waals surface area contributed by atoms with Gasteiger partial charge in [-0.15, -0.1) is 0 Å². The number of anilines is 1. The number of nitrogens with one attached hydrogen (secondary N) is 1. The van der Waals surface area contributed by atoms with Gasteiger partial charge in [0.15, 0.2) is 11.6 Å². The predicted molar refractivity (Wildman–Crippen MR) is 62.6 cm³/mol. The first-order valence-corrected chi connectivity index (χ1v) is 5.46. The maximum Gasteiger partial charge on any atom is 0.167 e. The van der Waals surface area contributed by atoms with Gasteiger partial charge in [0.1, 0.15) is 0 Å². The van der Waals surface area contributed by atoms with Gasteiger partial charge >= 0.3 is 0 Å². The van der Waals surface area contributed by atoms with Crippen LogP contribution in [0.2, 0.25) is 0 Å². The summed E-state index contributed by atoms with van der Waals surface area (Å²) < 4.78 is 18.4. The maximum absolute atomic E-state index is 13.5. The Labute approximate surface area is 95.2 Å². The molecule has 1 aromatic carbocycles. The van der Waals surface area contributed by atoms with Gasteiger partial charge < -0.3 is 15.0 Å². The SMILES string of the molecule is COc1ccc(N(C)CC2CNC2)cc1F. The summed E-state index contributed by atoms with van der Waals surface area (Å²) in [5, 5.41) is 3.23. The van der Waals surface area contributed by atoms with Crippen LogP contribution in [0.15, 0.2) is 18.2 Å². The van der Waals surface area contributed by atoms with Crippen molar-refractivity contribution >= 4 is 5.69 Å². The summed E-state index contributed by atoms with van der Waals surface area (Å²) in [5.74, 6) is 0.663. The zero-order valence-corrected chi connectivity index (χ0v) is 9.66. The van der Waals surface area contributed by atoms with E-state index in [9.17, 15) is 4.39 Å². The Morgan fingerprint density at radius 1 is 1.50 bits per heavy atom. The molecule has 0 aliphatic carbocycles. The first kappa shape index (κ1) is 11.2. The van der Waals surface area contributed by atoms with Gasteiger partial charge in [-0.1, -0.05) is 0 Å². The van der Waals surface area contributed by atoms with Crippen molar-refractivity contribution in [1.29, 1.82) is 0 Å². The Morgan fingerprint density at radius 3 is 2.75 bits per heavy atom. The molecule has 88 valence electrons. The Kier molecular flexibility index (Phi) is 3.29. The number of methoxy groups -OCH3 is 1. The number of halogens is 1. The normalized spacial score (nSPS) is 15.7. The lowest BCUT2D eigenvalue weighted by Gasteiger charge is -2.32. The number of benzene rings is 1. The lowest BCUT2D eigenvalue weighted by molar-refractivity contribution is 0.352. The lowest BCUT2D eigenvalue weighted by atomic mass is 10.0. The molecule has 0 spiro atoms. The molecule has 1 heterocycles. The second-order valence-electron chi connectivity index (χ2n) is 4.22. The summed E-state index contributed by atoms with van der Waals surface area (Å²) in [5.41, 5.74) is 0.894. The Balaban J connectivity index is 2.04. The molecule has 0 amide bonds.